The smallest absolute Gasteiger partial charge is 0.407 e. The van der Waals surface area contributed by atoms with Gasteiger partial charge in [-0.15, -0.1) is 0 Å². The summed E-state index contributed by atoms with van der Waals surface area (Å²) in [5.41, 5.74) is 8.22. The fourth-order valence-corrected chi connectivity index (χ4v) is 3.55. The molecule has 24 heavy (non-hydrogen) atoms. The highest BCUT2D eigenvalue weighted by Crippen LogP contribution is 2.36. The van der Waals surface area contributed by atoms with E-state index in [2.05, 4.69) is 31.8 Å². The fraction of sp³-hybridized carbons (Fsp3) is 0.684. The van der Waals surface area contributed by atoms with Crippen molar-refractivity contribution < 1.29 is 9.90 Å². The maximum absolute atomic E-state index is 11.3. The average Bonchev–Trinajstić information content (AvgIpc) is 2.79. The number of hydrogen-bond donors (Lipinski definition) is 2. The summed E-state index contributed by atoms with van der Waals surface area (Å²) in [5, 5.41) is 9.30. The monoisotopic (exact) mass is 333 g/mol. The number of likely N-dealkylation sites (tertiary alicyclic amines) is 1. The second-order valence-electron chi connectivity index (χ2n) is 8.68. The standard InChI is InChI=1S/C19H31N3O2/c1-18(2,3)14-7-9-16(21-11-14)15(20)8-6-13-10-19(4,5)22(12-13)17(23)24/h7,9,11,13,15H,6,8,10,12,20H2,1-5H3,(H,23,24)/t13-,15?/m0/s1. The van der Waals surface area contributed by atoms with Crippen molar-refractivity contribution in [2.75, 3.05) is 6.54 Å². The third-order valence-electron chi connectivity index (χ3n) is 5.11. The molecular weight excluding hydrogens is 302 g/mol. The Balaban J connectivity index is 1.92. The van der Waals surface area contributed by atoms with E-state index in [1.54, 1.807) is 4.90 Å². The van der Waals surface area contributed by atoms with Gasteiger partial charge in [0.05, 0.1) is 5.69 Å². The van der Waals surface area contributed by atoms with Crippen LogP contribution in [0, 0.1) is 5.92 Å². The van der Waals surface area contributed by atoms with Crippen LogP contribution in [0.4, 0.5) is 4.79 Å². The molecule has 1 unspecified atom stereocenters. The molecule has 1 amide bonds. The van der Waals surface area contributed by atoms with Gasteiger partial charge < -0.3 is 15.7 Å². The molecule has 1 saturated heterocycles. The Hall–Kier alpha value is -1.62. The highest BCUT2D eigenvalue weighted by atomic mass is 16.4. The molecule has 3 N–H and O–H groups in total. The molecule has 2 heterocycles. The Morgan fingerprint density at radius 2 is 2.12 bits per heavy atom. The van der Waals surface area contributed by atoms with E-state index in [1.165, 1.54) is 5.56 Å². The minimum Gasteiger partial charge on any atom is -0.465 e. The second kappa shape index (κ2) is 6.71. The van der Waals surface area contributed by atoms with Gasteiger partial charge in [-0.05, 0) is 56.1 Å². The summed E-state index contributed by atoms with van der Waals surface area (Å²) in [4.78, 5) is 17.4. The van der Waals surface area contributed by atoms with Gasteiger partial charge in [0.1, 0.15) is 0 Å². The van der Waals surface area contributed by atoms with Gasteiger partial charge in [-0.1, -0.05) is 26.8 Å². The van der Waals surface area contributed by atoms with Crippen LogP contribution in [0.1, 0.15) is 71.2 Å². The summed E-state index contributed by atoms with van der Waals surface area (Å²) in [6.07, 6.45) is 3.74. The molecular formula is C19H31N3O2. The molecule has 0 aromatic carbocycles. The minimum atomic E-state index is -0.828. The number of nitrogens with two attached hydrogens (primary N) is 1. The number of carboxylic acid groups (broad SMARTS) is 1. The SMILES string of the molecule is CC(C)(C)c1ccc(C(N)CC[C@@H]2CN(C(=O)O)C(C)(C)C2)nc1. The molecule has 1 aliphatic heterocycles. The van der Waals surface area contributed by atoms with Gasteiger partial charge >= 0.3 is 6.09 Å². The zero-order valence-electron chi connectivity index (χ0n) is 15.5. The summed E-state index contributed by atoms with van der Waals surface area (Å²) in [5.74, 6) is 0.371. The first-order valence-electron chi connectivity index (χ1n) is 8.73. The van der Waals surface area contributed by atoms with Crippen LogP contribution in [0.2, 0.25) is 0 Å². The van der Waals surface area contributed by atoms with E-state index < -0.39 is 6.09 Å². The van der Waals surface area contributed by atoms with Crippen LogP contribution in [0.3, 0.4) is 0 Å². The van der Waals surface area contributed by atoms with Crippen molar-refractivity contribution in [3.05, 3.63) is 29.6 Å². The zero-order chi connectivity index (χ0) is 18.1. The minimum absolute atomic E-state index is 0.0886. The lowest BCUT2D eigenvalue weighted by molar-refractivity contribution is 0.117. The number of hydrogen-bond acceptors (Lipinski definition) is 3. The van der Waals surface area contributed by atoms with Crippen LogP contribution in [0.5, 0.6) is 0 Å². The summed E-state index contributed by atoms with van der Waals surface area (Å²) in [7, 11) is 0. The number of rotatable bonds is 4. The van der Waals surface area contributed by atoms with Gasteiger partial charge in [0.25, 0.3) is 0 Å². The molecule has 5 nitrogen and oxygen atoms in total. The number of nitrogens with zero attached hydrogens (tertiary/aromatic N) is 2. The molecule has 5 heteroatoms. The summed E-state index contributed by atoms with van der Waals surface area (Å²) in [6, 6.07) is 4.03. The predicted octanol–water partition coefficient (Wildman–Crippen LogP) is 3.94. The summed E-state index contributed by atoms with van der Waals surface area (Å²) in [6.45, 7) is 11.1. The Kier molecular flexibility index (Phi) is 5.23. The largest absolute Gasteiger partial charge is 0.465 e. The highest BCUT2D eigenvalue weighted by Gasteiger charge is 2.41. The average molecular weight is 333 g/mol. The highest BCUT2D eigenvalue weighted by molar-refractivity contribution is 5.66. The lowest BCUT2D eigenvalue weighted by atomic mass is 9.88. The number of amides is 1. The number of carbonyl (C=O) groups is 1. The van der Waals surface area contributed by atoms with E-state index in [-0.39, 0.29) is 17.0 Å². The van der Waals surface area contributed by atoms with Crippen molar-refractivity contribution >= 4 is 6.09 Å². The van der Waals surface area contributed by atoms with E-state index in [0.29, 0.717) is 12.5 Å². The van der Waals surface area contributed by atoms with Gasteiger partial charge in [-0.3, -0.25) is 4.98 Å². The first-order valence-corrected chi connectivity index (χ1v) is 8.73. The van der Waals surface area contributed by atoms with E-state index >= 15 is 0 Å². The van der Waals surface area contributed by atoms with Crippen LogP contribution in [0.15, 0.2) is 18.3 Å². The van der Waals surface area contributed by atoms with Crippen LogP contribution in [-0.4, -0.2) is 33.2 Å². The summed E-state index contributed by atoms with van der Waals surface area (Å²) < 4.78 is 0. The molecule has 2 rings (SSSR count). The van der Waals surface area contributed by atoms with E-state index in [9.17, 15) is 9.90 Å². The maximum atomic E-state index is 11.3. The normalized spacial score (nSPS) is 21.8. The van der Waals surface area contributed by atoms with Crippen molar-refractivity contribution in [1.82, 2.24) is 9.88 Å². The van der Waals surface area contributed by atoms with Gasteiger partial charge in [-0.25, -0.2) is 4.79 Å². The van der Waals surface area contributed by atoms with Gasteiger partial charge in [0, 0.05) is 24.3 Å². The molecule has 1 aromatic heterocycles. The molecule has 1 fully saturated rings. The van der Waals surface area contributed by atoms with Crippen molar-refractivity contribution in [1.29, 1.82) is 0 Å². The molecule has 134 valence electrons. The van der Waals surface area contributed by atoms with Crippen molar-refractivity contribution in [2.24, 2.45) is 11.7 Å². The molecule has 2 atom stereocenters. The number of pyridine rings is 1. The fourth-order valence-electron chi connectivity index (χ4n) is 3.55. The maximum Gasteiger partial charge on any atom is 0.407 e. The molecule has 0 spiro atoms. The van der Waals surface area contributed by atoms with Crippen LogP contribution in [-0.2, 0) is 5.41 Å². The van der Waals surface area contributed by atoms with Crippen LogP contribution < -0.4 is 5.73 Å². The van der Waals surface area contributed by atoms with Gasteiger partial charge in [0.2, 0.25) is 0 Å². The Morgan fingerprint density at radius 3 is 2.58 bits per heavy atom. The van der Waals surface area contributed by atoms with E-state index in [0.717, 1.165) is 25.0 Å². The Bertz CT molecular complexity index is 575. The number of aromatic nitrogens is 1. The molecule has 0 aliphatic carbocycles. The van der Waals surface area contributed by atoms with Crippen LogP contribution >= 0.6 is 0 Å². The third-order valence-corrected chi connectivity index (χ3v) is 5.11. The molecule has 1 aromatic rings. The summed E-state index contributed by atoms with van der Waals surface area (Å²) >= 11 is 0. The van der Waals surface area contributed by atoms with E-state index in [4.69, 9.17) is 5.73 Å². The third kappa shape index (κ3) is 4.26. The molecule has 0 saturated carbocycles. The van der Waals surface area contributed by atoms with Crippen molar-refractivity contribution in [2.45, 2.75) is 70.9 Å². The quantitative estimate of drug-likeness (QED) is 0.874. The predicted molar refractivity (Wildman–Crippen MR) is 96.0 cm³/mol. The molecule has 1 aliphatic rings. The molecule has 0 radical (unpaired) electrons. The first kappa shape index (κ1) is 18.7. The van der Waals surface area contributed by atoms with Gasteiger partial charge in [-0.2, -0.15) is 0 Å². The zero-order valence-corrected chi connectivity index (χ0v) is 15.5. The Labute approximate surface area is 145 Å². The van der Waals surface area contributed by atoms with Gasteiger partial charge in [0.15, 0.2) is 0 Å². The Morgan fingerprint density at radius 1 is 1.46 bits per heavy atom. The second-order valence-corrected chi connectivity index (χ2v) is 8.68. The van der Waals surface area contributed by atoms with Crippen molar-refractivity contribution in [3.8, 4) is 0 Å². The molecule has 0 bridgehead atoms. The lowest BCUT2D eigenvalue weighted by Crippen LogP contribution is -2.41. The van der Waals surface area contributed by atoms with Crippen LogP contribution in [0.25, 0.3) is 0 Å². The van der Waals surface area contributed by atoms with Crippen molar-refractivity contribution in [3.63, 3.8) is 0 Å². The lowest BCUT2D eigenvalue weighted by Gasteiger charge is -2.28. The van der Waals surface area contributed by atoms with E-state index in [1.807, 2.05) is 26.1 Å². The first-order chi connectivity index (χ1) is 11.0. The topological polar surface area (TPSA) is 79.5 Å².